The molecule has 0 bridgehead atoms. The molecule has 66 heavy (non-hydrogen) atoms. The van der Waals surface area contributed by atoms with Gasteiger partial charge >= 0.3 is 0 Å². The summed E-state index contributed by atoms with van der Waals surface area (Å²) in [5.74, 6) is 0.902. The Labute approximate surface area is 390 Å². The molecular formula is C64H54N2. The number of allylic oxidation sites excluding steroid dienone is 10. The zero-order chi connectivity index (χ0) is 44.0. The summed E-state index contributed by atoms with van der Waals surface area (Å²) in [4.78, 5) is 5.11. The van der Waals surface area contributed by atoms with Crippen molar-refractivity contribution in [3.05, 3.63) is 263 Å². The zero-order valence-corrected chi connectivity index (χ0v) is 37.9. The van der Waals surface area contributed by atoms with Gasteiger partial charge < -0.3 is 9.80 Å². The van der Waals surface area contributed by atoms with Gasteiger partial charge in [-0.3, -0.25) is 0 Å². The highest BCUT2D eigenvalue weighted by Gasteiger charge is 2.58. The van der Waals surface area contributed by atoms with E-state index in [-0.39, 0.29) is 17.3 Å². The molecule has 320 valence electrons. The van der Waals surface area contributed by atoms with Gasteiger partial charge in [0.1, 0.15) is 0 Å². The normalized spacial score (nSPS) is 22.3. The quantitative estimate of drug-likeness (QED) is 0.147. The van der Waals surface area contributed by atoms with Crippen molar-refractivity contribution in [3.8, 4) is 11.1 Å². The van der Waals surface area contributed by atoms with Gasteiger partial charge in [0.05, 0.1) is 11.1 Å². The van der Waals surface area contributed by atoms with Crippen molar-refractivity contribution in [2.75, 3.05) is 9.80 Å². The van der Waals surface area contributed by atoms with Crippen LogP contribution >= 0.6 is 0 Å². The van der Waals surface area contributed by atoms with E-state index in [1.165, 1.54) is 115 Å². The molecule has 6 aliphatic rings. The van der Waals surface area contributed by atoms with Gasteiger partial charge in [0.2, 0.25) is 0 Å². The van der Waals surface area contributed by atoms with Crippen molar-refractivity contribution in [2.24, 2.45) is 5.92 Å². The summed E-state index contributed by atoms with van der Waals surface area (Å²) < 4.78 is 0. The van der Waals surface area contributed by atoms with Crippen LogP contribution in [0.3, 0.4) is 0 Å². The first-order valence-electron chi connectivity index (χ1n) is 24.3. The van der Waals surface area contributed by atoms with Crippen LogP contribution in [0.1, 0.15) is 96.7 Å². The summed E-state index contributed by atoms with van der Waals surface area (Å²) in [7, 11) is 0. The van der Waals surface area contributed by atoms with Crippen LogP contribution in [-0.4, -0.2) is 0 Å². The fraction of sp³-hybridized carbons (Fsp3) is 0.188. The van der Waals surface area contributed by atoms with E-state index in [1.54, 1.807) is 0 Å². The molecule has 0 saturated heterocycles. The summed E-state index contributed by atoms with van der Waals surface area (Å²) in [6.45, 7) is 4.83. The van der Waals surface area contributed by atoms with Crippen molar-refractivity contribution < 1.29 is 0 Å². The molecule has 0 aromatic heterocycles. The monoisotopic (exact) mass is 850 g/mol. The fourth-order valence-electron chi connectivity index (χ4n) is 13.2. The minimum Gasteiger partial charge on any atom is -0.314 e. The smallest absolute Gasteiger partial charge is 0.0540 e. The molecule has 0 amide bonds. The van der Waals surface area contributed by atoms with Crippen LogP contribution in [0.5, 0.6) is 0 Å². The molecular weight excluding hydrogens is 797 g/mol. The standard InChI is InChI=1S/C64H54N2/c1-63(2)55-31-15-12-28-50(55)52-38-37-49(41-59(52)63)66(46-25-10-5-11-26-46)61-35-19-34-58-62(61)54-30-14-17-33-57(54)64(58)56-32-16-13-29-51(56)53-39-36-48(42-60(53)64)65(45-23-8-4-9-24-45)47-27-18-22-44(40-47)43-20-6-3-7-21-43/h4-6,8-20,22-36,39-43,51,56H,3,7,21,37-38H2,1-2H3. The summed E-state index contributed by atoms with van der Waals surface area (Å²) >= 11 is 0. The summed E-state index contributed by atoms with van der Waals surface area (Å²) in [6, 6.07) is 64.6. The molecule has 0 heterocycles. The van der Waals surface area contributed by atoms with Gasteiger partial charge in [0, 0.05) is 57.2 Å². The van der Waals surface area contributed by atoms with Crippen molar-refractivity contribution >= 4 is 34.0 Å². The van der Waals surface area contributed by atoms with E-state index in [0.717, 1.165) is 12.8 Å². The number of nitrogens with zero attached hydrogens (tertiary/aromatic N) is 2. The summed E-state index contributed by atoms with van der Waals surface area (Å²) in [6.07, 6.45) is 22.5. The Morgan fingerprint density at radius 3 is 2.02 bits per heavy atom. The van der Waals surface area contributed by atoms with E-state index in [9.17, 15) is 0 Å². The first-order valence-corrected chi connectivity index (χ1v) is 24.3. The molecule has 2 nitrogen and oxygen atoms in total. The molecule has 4 atom stereocenters. The molecule has 0 N–H and O–H groups in total. The number of hydrogen-bond donors (Lipinski definition) is 0. The lowest BCUT2D eigenvalue weighted by Crippen LogP contribution is -2.33. The predicted octanol–water partition coefficient (Wildman–Crippen LogP) is 16.7. The molecule has 0 radical (unpaired) electrons. The minimum absolute atomic E-state index is 0.0712. The predicted molar refractivity (Wildman–Crippen MR) is 275 cm³/mol. The van der Waals surface area contributed by atoms with Gasteiger partial charge in [0.25, 0.3) is 0 Å². The number of anilines is 5. The lowest BCUT2D eigenvalue weighted by Gasteiger charge is -2.37. The first-order chi connectivity index (χ1) is 32.5. The van der Waals surface area contributed by atoms with Gasteiger partial charge in [-0.25, -0.2) is 0 Å². The molecule has 0 fully saturated rings. The van der Waals surface area contributed by atoms with E-state index in [2.05, 4.69) is 236 Å². The third-order valence-electron chi connectivity index (χ3n) is 16.0. The van der Waals surface area contributed by atoms with Crippen LogP contribution in [0.25, 0.3) is 16.7 Å². The average Bonchev–Trinajstić information content (AvgIpc) is 3.94. The van der Waals surface area contributed by atoms with Gasteiger partial charge in [-0.05, 0) is 148 Å². The zero-order valence-electron chi connectivity index (χ0n) is 37.9. The molecule has 4 unspecified atom stereocenters. The summed E-state index contributed by atoms with van der Waals surface area (Å²) in [5, 5.41) is 0. The van der Waals surface area contributed by atoms with Crippen molar-refractivity contribution in [1.82, 2.24) is 0 Å². The Balaban J connectivity index is 1.02. The lowest BCUT2D eigenvalue weighted by atomic mass is 9.65. The van der Waals surface area contributed by atoms with Gasteiger partial charge in [-0.1, -0.05) is 166 Å². The van der Waals surface area contributed by atoms with Crippen molar-refractivity contribution in [1.29, 1.82) is 0 Å². The number of hydrogen-bond acceptors (Lipinski definition) is 2. The maximum absolute atomic E-state index is 2.61. The number of rotatable bonds is 7. The molecule has 0 saturated carbocycles. The SMILES string of the molecule is CC1(C)C2=C(CCC(N(c3ccccc3)c3cccc4c3-c3ccccc3C43c4cc(N(c5ccccc5)c5cccc(C6C=CCCC6)c5)ccc4C4C=CC=CC43)=C2)c2ccccc21. The Kier molecular flexibility index (Phi) is 9.04. The number of benzene rings is 7. The Bertz CT molecular complexity index is 3230. The van der Waals surface area contributed by atoms with Crippen LogP contribution in [0.2, 0.25) is 0 Å². The van der Waals surface area contributed by atoms with Crippen molar-refractivity contribution in [2.45, 2.75) is 68.6 Å². The second kappa shape index (κ2) is 15.2. The van der Waals surface area contributed by atoms with E-state index < -0.39 is 5.41 Å². The molecule has 2 heteroatoms. The van der Waals surface area contributed by atoms with Gasteiger partial charge in [-0.15, -0.1) is 0 Å². The second-order valence-corrected chi connectivity index (χ2v) is 19.7. The third-order valence-corrected chi connectivity index (χ3v) is 16.0. The number of para-hydroxylation sites is 2. The highest BCUT2D eigenvalue weighted by Crippen LogP contribution is 2.67. The van der Waals surface area contributed by atoms with Crippen LogP contribution in [0.4, 0.5) is 28.4 Å². The third kappa shape index (κ3) is 5.73. The van der Waals surface area contributed by atoms with Crippen LogP contribution < -0.4 is 9.80 Å². The topological polar surface area (TPSA) is 6.48 Å². The van der Waals surface area contributed by atoms with Crippen LogP contribution in [0, 0.1) is 5.92 Å². The Morgan fingerprint density at radius 2 is 1.21 bits per heavy atom. The van der Waals surface area contributed by atoms with Gasteiger partial charge in [0.15, 0.2) is 0 Å². The van der Waals surface area contributed by atoms with E-state index >= 15 is 0 Å². The van der Waals surface area contributed by atoms with E-state index in [0.29, 0.717) is 5.92 Å². The Hall–Kier alpha value is -7.16. The maximum atomic E-state index is 2.61. The second-order valence-electron chi connectivity index (χ2n) is 19.7. The highest BCUT2D eigenvalue weighted by molar-refractivity contribution is 5.96. The van der Waals surface area contributed by atoms with Gasteiger partial charge in [-0.2, -0.15) is 0 Å². The highest BCUT2D eigenvalue weighted by atomic mass is 15.2. The first kappa shape index (κ1) is 39.2. The molecule has 7 aromatic carbocycles. The molecule has 13 rings (SSSR count). The lowest BCUT2D eigenvalue weighted by molar-refractivity contribution is 0.465. The maximum Gasteiger partial charge on any atom is 0.0540 e. The Morgan fingerprint density at radius 1 is 0.530 bits per heavy atom. The molecule has 7 aromatic rings. The minimum atomic E-state index is -0.412. The van der Waals surface area contributed by atoms with E-state index in [4.69, 9.17) is 0 Å². The summed E-state index contributed by atoms with van der Waals surface area (Å²) in [5.41, 5.74) is 22.4. The molecule has 1 spiro atoms. The molecule has 0 aliphatic heterocycles. The van der Waals surface area contributed by atoms with Crippen LogP contribution in [0.15, 0.2) is 224 Å². The van der Waals surface area contributed by atoms with Crippen molar-refractivity contribution in [3.63, 3.8) is 0 Å². The fourth-order valence-corrected chi connectivity index (χ4v) is 13.2. The largest absolute Gasteiger partial charge is 0.314 e. The van der Waals surface area contributed by atoms with Crippen LogP contribution in [-0.2, 0) is 10.8 Å². The number of fused-ring (bicyclic) bond motifs is 12. The molecule has 6 aliphatic carbocycles. The average molecular weight is 851 g/mol. The van der Waals surface area contributed by atoms with E-state index in [1.807, 2.05) is 0 Å².